The van der Waals surface area contributed by atoms with Crippen LogP contribution in [-0.2, 0) is 13.5 Å². The van der Waals surface area contributed by atoms with Gasteiger partial charge in [-0.05, 0) is 31.5 Å². The summed E-state index contributed by atoms with van der Waals surface area (Å²) in [5.41, 5.74) is 3.73. The lowest BCUT2D eigenvalue weighted by Crippen LogP contribution is -2.01. The Hall–Kier alpha value is -2.63. The first kappa shape index (κ1) is 13.4. The van der Waals surface area contributed by atoms with E-state index >= 15 is 0 Å². The molecule has 1 aromatic carbocycles. The van der Waals surface area contributed by atoms with Crippen LogP contribution in [0.1, 0.15) is 28.8 Å². The fraction of sp³-hybridized carbons (Fsp3) is 0.267. The van der Waals surface area contributed by atoms with Crippen LogP contribution in [0.2, 0.25) is 0 Å². The Balaban J connectivity index is 2.32. The SMILES string of the molecule is CCc1nn(C)cc1-n1c(C)nc2ccc(C(=O)O)cc21. The predicted octanol–water partition coefficient (Wildman–Crippen LogP) is 2.33. The van der Waals surface area contributed by atoms with Crippen molar-refractivity contribution in [3.05, 3.63) is 41.5 Å². The van der Waals surface area contributed by atoms with Crippen molar-refractivity contribution in [3.63, 3.8) is 0 Å². The first-order valence-corrected chi connectivity index (χ1v) is 6.76. The van der Waals surface area contributed by atoms with Crippen LogP contribution in [0.15, 0.2) is 24.4 Å². The highest BCUT2D eigenvalue weighted by Crippen LogP contribution is 2.24. The van der Waals surface area contributed by atoms with Crippen LogP contribution in [0.3, 0.4) is 0 Å². The van der Waals surface area contributed by atoms with Gasteiger partial charge in [-0.15, -0.1) is 0 Å². The molecule has 6 heteroatoms. The Morgan fingerprint density at radius 2 is 2.14 bits per heavy atom. The summed E-state index contributed by atoms with van der Waals surface area (Å²) in [4.78, 5) is 15.7. The monoisotopic (exact) mass is 284 g/mol. The molecule has 3 rings (SSSR count). The van der Waals surface area contributed by atoms with E-state index in [-0.39, 0.29) is 5.56 Å². The van der Waals surface area contributed by atoms with Gasteiger partial charge >= 0.3 is 5.97 Å². The quantitative estimate of drug-likeness (QED) is 0.801. The van der Waals surface area contributed by atoms with E-state index in [1.807, 2.05) is 31.7 Å². The summed E-state index contributed by atoms with van der Waals surface area (Å²) in [5, 5.41) is 13.6. The summed E-state index contributed by atoms with van der Waals surface area (Å²) in [7, 11) is 1.87. The van der Waals surface area contributed by atoms with Gasteiger partial charge in [0.05, 0.1) is 28.0 Å². The minimum absolute atomic E-state index is 0.255. The van der Waals surface area contributed by atoms with Crippen molar-refractivity contribution < 1.29 is 9.90 Å². The highest BCUT2D eigenvalue weighted by Gasteiger charge is 2.16. The van der Waals surface area contributed by atoms with Crippen molar-refractivity contribution in [1.82, 2.24) is 19.3 Å². The van der Waals surface area contributed by atoms with Gasteiger partial charge in [-0.25, -0.2) is 9.78 Å². The Morgan fingerprint density at radius 3 is 2.81 bits per heavy atom. The molecule has 0 spiro atoms. The molecule has 3 aromatic rings. The number of hydrogen-bond donors (Lipinski definition) is 1. The molecular formula is C15H16N4O2. The molecule has 1 N–H and O–H groups in total. The highest BCUT2D eigenvalue weighted by atomic mass is 16.4. The van der Waals surface area contributed by atoms with Crippen molar-refractivity contribution in [1.29, 1.82) is 0 Å². The molecule has 0 aliphatic carbocycles. The van der Waals surface area contributed by atoms with Crippen LogP contribution in [0.4, 0.5) is 0 Å². The minimum Gasteiger partial charge on any atom is -0.478 e. The number of aryl methyl sites for hydroxylation is 3. The number of carbonyl (C=O) groups is 1. The Morgan fingerprint density at radius 1 is 1.38 bits per heavy atom. The van der Waals surface area contributed by atoms with Crippen molar-refractivity contribution in [2.45, 2.75) is 20.3 Å². The summed E-state index contributed by atoms with van der Waals surface area (Å²) in [6.07, 6.45) is 2.73. The molecule has 0 aliphatic heterocycles. The van der Waals surface area contributed by atoms with Crippen molar-refractivity contribution >= 4 is 17.0 Å². The second kappa shape index (κ2) is 4.73. The lowest BCUT2D eigenvalue weighted by atomic mass is 10.2. The molecule has 0 radical (unpaired) electrons. The van der Waals surface area contributed by atoms with E-state index < -0.39 is 5.97 Å². The number of imidazole rings is 1. The molecule has 0 saturated carbocycles. The normalized spacial score (nSPS) is 11.2. The van der Waals surface area contributed by atoms with Crippen molar-refractivity contribution in [2.75, 3.05) is 0 Å². The third-order valence-electron chi connectivity index (χ3n) is 3.53. The lowest BCUT2D eigenvalue weighted by molar-refractivity contribution is 0.0697. The second-order valence-electron chi connectivity index (χ2n) is 4.99. The molecular weight excluding hydrogens is 268 g/mol. The Labute approximate surface area is 121 Å². The zero-order valence-electron chi connectivity index (χ0n) is 12.2. The maximum absolute atomic E-state index is 11.2. The van der Waals surface area contributed by atoms with E-state index in [4.69, 9.17) is 0 Å². The van der Waals surface area contributed by atoms with Gasteiger partial charge in [0.25, 0.3) is 0 Å². The zero-order chi connectivity index (χ0) is 15.1. The molecule has 108 valence electrons. The standard InChI is InChI=1S/C15H16N4O2/c1-4-11-14(8-18(3)17-11)19-9(2)16-12-6-5-10(15(20)21)7-13(12)19/h5-8H,4H2,1-3H3,(H,20,21). The number of carboxylic acid groups (broad SMARTS) is 1. The van der Waals surface area contributed by atoms with Gasteiger partial charge in [-0.1, -0.05) is 6.92 Å². The summed E-state index contributed by atoms with van der Waals surface area (Å²) in [6.45, 7) is 3.95. The molecule has 21 heavy (non-hydrogen) atoms. The molecule has 0 atom stereocenters. The molecule has 0 aliphatic rings. The number of aromatic carboxylic acids is 1. The zero-order valence-corrected chi connectivity index (χ0v) is 12.2. The molecule has 0 saturated heterocycles. The number of aromatic nitrogens is 4. The second-order valence-corrected chi connectivity index (χ2v) is 4.99. The van der Waals surface area contributed by atoms with Crippen LogP contribution in [0.5, 0.6) is 0 Å². The summed E-state index contributed by atoms with van der Waals surface area (Å²) >= 11 is 0. The third kappa shape index (κ3) is 2.08. The largest absolute Gasteiger partial charge is 0.478 e. The number of fused-ring (bicyclic) bond motifs is 1. The molecule has 2 heterocycles. The van der Waals surface area contributed by atoms with Crippen molar-refractivity contribution in [3.8, 4) is 5.69 Å². The van der Waals surface area contributed by atoms with Gasteiger partial charge in [0, 0.05) is 13.2 Å². The maximum atomic E-state index is 11.2. The minimum atomic E-state index is -0.941. The van der Waals surface area contributed by atoms with E-state index in [1.165, 1.54) is 0 Å². The van der Waals surface area contributed by atoms with Crippen molar-refractivity contribution in [2.24, 2.45) is 7.05 Å². The molecule has 0 fully saturated rings. The summed E-state index contributed by atoms with van der Waals surface area (Å²) in [6, 6.07) is 4.97. The smallest absolute Gasteiger partial charge is 0.335 e. The molecule has 0 unspecified atom stereocenters. The van der Waals surface area contributed by atoms with Gasteiger partial charge < -0.3 is 5.11 Å². The van der Waals surface area contributed by atoms with Gasteiger partial charge in [0.1, 0.15) is 5.82 Å². The van der Waals surface area contributed by atoms with E-state index in [9.17, 15) is 9.90 Å². The van der Waals surface area contributed by atoms with Gasteiger partial charge in [0.2, 0.25) is 0 Å². The lowest BCUT2D eigenvalue weighted by Gasteiger charge is -2.06. The average molecular weight is 284 g/mol. The van der Waals surface area contributed by atoms with Gasteiger partial charge in [0.15, 0.2) is 0 Å². The van der Waals surface area contributed by atoms with Crippen LogP contribution in [0.25, 0.3) is 16.7 Å². The number of nitrogens with zero attached hydrogens (tertiary/aromatic N) is 4. The van der Waals surface area contributed by atoms with E-state index in [0.717, 1.165) is 34.7 Å². The summed E-state index contributed by atoms with van der Waals surface area (Å²) < 4.78 is 3.73. The Bertz CT molecular complexity index is 845. The van der Waals surface area contributed by atoms with Crippen LogP contribution in [-0.4, -0.2) is 30.4 Å². The van der Waals surface area contributed by atoms with Gasteiger partial charge in [-0.2, -0.15) is 5.10 Å². The van der Waals surface area contributed by atoms with E-state index in [2.05, 4.69) is 10.1 Å². The fourth-order valence-corrected chi connectivity index (χ4v) is 2.59. The first-order valence-electron chi connectivity index (χ1n) is 6.76. The Kier molecular flexibility index (Phi) is 3.01. The van der Waals surface area contributed by atoms with Crippen LogP contribution < -0.4 is 0 Å². The highest BCUT2D eigenvalue weighted by molar-refractivity contribution is 5.93. The van der Waals surface area contributed by atoms with Crippen LogP contribution in [0, 0.1) is 6.92 Å². The topological polar surface area (TPSA) is 72.9 Å². The number of benzene rings is 1. The average Bonchev–Trinajstić information content (AvgIpc) is 2.96. The van der Waals surface area contributed by atoms with E-state index in [1.54, 1.807) is 22.9 Å². The summed E-state index contributed by atoms with van der Waals surface area (Å²) in [5.74, 6) is -0.126. The third-order valence-corrected chi connectivity index (χ3v) is 3.53. The molecule has 0 amide bonds. The number of carboxylic acids is 1. The van der Waals surface area contributed by atoms with Crippen LogP contribution >= 0.6 is 0 Å². The maximum Gasteiger partial charge on any atom is 0.335 e. The molecule has 0 bridgehead atoms. The predicted molar refractivity (Wildman–Crippen MR) is 78.9 cm³/mol. The first-order chi connectivity index (χ1) is 10.0. The fourth-order valence-electron chi connectivity index (χ4n) is 2.59. The molecule has 2 aromatic heterocycles. The van der Waals surface area contributed by atoms with Gasteiger partial charge in [-0.3, -0.25) is 9.25 Å². The number of rotatable bonds is 3. The number of hydrogen-bond acceptors (Lipinski definition) is 3. The van der Waals surface area contributed by atoms with E-state index in [0.29, 0.717) is 0 Å². The molecule has 6 nitrogen and oxygen atoms in total.